The van der Waals surface area contributed by atoms with E-state index in [2.05, 4.69) is 62.5 Å². The van der Waals surface area contributed by atoms with Crippen LogP contribution in [0.5, 0.6) is 5.75 Å². The van der Waals surface area contributed by atoms with E-state index in [0.29, 0.717) is 0 Å². The summed E-state index contributed by atoms with van der Waals surface area (Å²) in [6, 6.07) is 12.7. The van der Waals surface area contributed by atoms with Crippen molar-refractivity contribution in [2.24, 2.45) is 0 Å². The van der Waals surface area contributed by atoms with Crippen molar-refractivity contribution in [2.75, 3.05) is 13.7 Å². The minimum Gasteiger partial charge on any atom is -0.496 e. The molecular formula is C17H23NO. The first kappa shape index (κ1) is 13.9. The Kier molecular flexibility index (Phi) is 4.11. The van der Waals surface area contributed by atoms with Gasteiger partial charge in [-0.3, -0.25) is 0 Å². The van der Waals surface area contributed by atoms with Crippen molar-refractivity contribution in [1.82, 2.24) is 5.32 Å². The summed E-state index contributed by atoms with van der Waals surface area (Å²) in [4.78, 5) is 0. The number of methoxy groups -OCH3 is 1. The van der Waals surface area contributed by atoms with Crippen molar-refractivity contribution < 1.29 is 4.74 Å². The van der Waals surface area contributed by atoms with Crippen LogP contribution in [0, 0.1) is 0 Å². The molecule has 0 fully saturated rings. The second-order valence-electron chi connectivity index (χ2n) is 5.89. The molecule has 0 unspecified atom stereocenters. The molecule has 102 valence electrons. The fraction of sp³-hybridized carbons (Fsp3) is 0.412. The van der Waals surface area contributed by atoms with Crippen LogP contribution in [0.3, 0.4) is 0 Å². The fourth-order valence-electron chi connectivity index (χ4n) is 2.33. The number of fused-ring (bicyclic) bond motifs is 1. The highest BCUT2D eigenvalue weighted by Gasteiger charge is 2.11. The van der Waals surface area contributed by atoms with Gasteiger partial charge in [0.25, 0.3) is 0 Å². The summed E-state index contributed by atoms with van der Waals surface area (Å²) in [5.74, 6) is 0.981. The molecule has 19 heavy (non-hydrogen) atoms. The minimum atomic E-state index is 0.151. The Morgan fingerprint density at radius 2 is 1.79 bits per heavy atom. The molecule has 2 aromatic rings. The van der Waals surface area contributed by atoms with Crippen LogP contribution in [0.2, 0.25) is 0 Å². The number of hydrogen-bond acceptors (Lipinski definition) is 2. The third-order valence-electron chi connectivity index (χ3n) is 3.25. The van der Waals surface area contributed by atoms with Crippen LogP contribution in [0.1, 0.15) is 26.3 Å². The second-order valence-corrected chi connectivity index (χ2v) is 5.89. The summed E-state index contributed by atoms with van der Waals surface area (Å²) in [5.41, 5.74) is 1.44. The Morgan fingerprint density at radius 3 is 2.47 bits per heavy atom. The van der Waals surface area contributed by atoms with Gasteiger partial charge in [0, 0.05) is 11.1 Å². The third-order valence-corrected chi connectivity index (χ3v) is 3.25. The lowest BCUT2D eigenvalue weighted by atomic mass is 10.0. The molecule has 0 heterocycles. The van der Waals surface area contributed by atoms with Gasteiger partial charge in [-0.1, -0.05) is 30.3 Å². The van der Waals surface area contributed by atoms with Crippen LogP contribution >= 0.6 is 0 Å². The number of nitrogens with one attached hydrogen (secondary N) is 1. The maximum atomic E-state index is 5.51. The van der Waals surface area contributed by atoms with E-state index in [1.807, 2.05) is 0 Å². The lowest BCUT2D eigenvalue weighted by Crippen LogP contribution is -2.37. The average Bonchev–Trinajstić information content (AvgIpc) is 2.37. The highest BCUT2D eigenvalue weighted by molar-refractivity contribution is 5.87. The molecule has 0 radical (unpaired) electrons. The van der Waals surface area contributed by atoms with Gasteiger partial charge in [0.1, 0.15) is 5.75 Å². The van der Waals surface area contributed by atoms with E-state index in [0.717, 1.165) is 18.7 Å². The lowest BCUT2D eigenvalue weighted by Gasteiger charge is -2.21. The van der Waals surface area contributed by atoms with Crippen molar-refractivity contribution >= 4 is 10.8 Å². The van der Waals surface area contributed by atoms with Gasteiger partial charge in [-0.15, -0.1) is 0 Å². The smallest absolute Gasteiger partial charge is 0.122 e. The van der Waals surface area contributed by atoms with E-state index < -0.39 is 0 Å². The van der Waals surface area contributed by atoms with Gasteiger partial charge in [0.2, 0.25) is 0 Å². The summed E-state index contributed by atoms with van der Waals surface area (Å²) >= 11 is 0. The predicted octanol–water partition coefficient (Wildman–Crippen LogP) is 3.78. The lowest BCUT2D eigenvalue weighted by molar-refractivity contribution is 0.403. The quantitative estimate of drug-likeness (QED) is 0.900. The maximum Gasteiger partial charge on any atom is 0.122 e. The Balaban J connectivity index is 2.29. The molecule has 0 aromatic heterocycles. The SMILES string of the molecule is COc1ccc2ccccc2c1CCNC(C)(C)C. The van der Waals surface area contributed by atoms with Crippen LogP contribution in [0.25, 0.3) is 10.8 Å². The average molecular weight is 257 g/mol. The van der Waals surface area contributed by atoms with Crippen molar-refractivity contribution in [3.05, 3.63) is 42.0 Å². The summed E-state index contributed by atoms with van der Waals surface area (Å²) in [6.45, 7) is 7.52. The number of rotatable bonds is 4. The van der Waals surface area contributed by atoms with Crippen LogP contribution < -0.4 is 10.1 Å². The summed E-state index contributed by atoms with van der Waals surface area (Å²) in [5, 5.41) is 6.09. The summed E-state index contributed by atoms with van der Waals surface area (Å²) < 4.78 is 5.51. The first-order valence-electron chi connectivity index (χ1n) is 6.81. The molecule has 0 aliphatic heterocycles. The molecule has 1 N–H and O–H groups in total. The van der Waals surface area contributed by atoms with Gasteiger partial charge in [0.15, 0.2) is 0 Å². The van der Waals surface area contributed by atoms with E-state index >= 15 is 0 Å². The summed E-state index contributed by atoms with van der Waals surface area (Å²) in [7, 11) is 1.74. The number of hydrogen-bond donors (Lipinski definition) is 1. The van der Waals surface area contributed by atoms with E-state index in [1.54, 1.807) is 7.11 Å². The van der Waals surface area contributed by atoms with Gasteiger partial charge in [-0.25, -0.2) is 0 Å². The molecular weight excluding hydrogens is 234 g/mol. The van der Waals surface area contributed by atoms with Crippen molar-refractivity contribution in [3.63, 3.8) is 0 Å². The van der Waals surface area contributed by atoms with E-state index in [1.165, 1.54) is 16.3 Å². The molecule has 0 aliphatic carbocycles. The molecule has 0 aliphatic rings. The van der Waals surface area contributed by atoms with E-state index in [9.17, 15) is 0 Å². The zero-order valence-electron chi connectivity index (χ0n) is 12.3. The monoisotopic (exact) mass is 257 g/mol. The maximum absolute atomic E-state index is 5.51. The van der Waals surface area contributed by atoms with Gasteiger partial charge >= 0.3 is 0 Å². The van der Waals surface area contributed by atoms with Gasteiger partial charge < -0.3 is 10.1 Å². The predicted molar refractivity (Wildman–Crippen MR) is 82.0 cm³/mol. The van der Waals surface area contributed by atoms with E-state index in [-0.39, 0.29) is 5.54 Å². The summed E-state index contributed by atoms with van der Waals surface area (Å²) in [6.07, 6.45) is 0.974. The molecule has 2 heteroatoms. The molecule has 0 atom stereocenters. The molecule has 0 saturated heterocycles. The van der Waals surface area contributed by atoms with Crippen LogP contribution in [0.15, 0.2) is 36.4 Å². The van der Waals surface area contributed by atoms with Gasteiger partial charge in [-0.05, 0) is 50.6 Å². The molecule has 2 aromatic carbocycles. The molecule has 0 spiro atoms. The molecule has 0 amide bonds. The first-order chi connectivity index (χ1) is 9.01. The molecule has 2 rings (SSSR count). The zero-order chi connectivity index (χ0) is 13.9. The molecule has 0 bridgehead atoms. The van der Waals surface area contributed by atoms with Crippen LogP contribution in [-0.2, 0) is 6.42 Å². The van der Waals surface area contributed by atoms with Crippen molar-refractivity contribution in [1.29, 1.82) is 0 Å². The fourth-order valence-corrected chi connectivity index (χ4v) is 2.33. The van der Waals surface area contributed by atoms with Crippen molar-refractivity contribution in [2.45, 2.75) is 32.7 Å². The highest BCUT2D eigenvalue weighted by Crippen LogP contribution is 2.28. The standard InChI is InChI=1S/C17H23NO/c1-17(2,3)18-12-11-15-14-8-6-5-7-13(14)9-10-16(15)19-4/h5-10,18H,11-12H2,1-4H3. The largest absolute Gasteiger partial charge is 0.496 e. The third kappa shape index (κ3) is 3.48. The second kappa shape index (κ2) is 5.62. The van der Waals surface area contributed by atoms with Crippen molar-refractivity contribution in [3.8, 4) is 5.75 Å². The molecule has 2 nitrogen and oxygen atoms in total. The van der Waals surface area contributed by atoms with Crippen LogP contribution in [0.4, 0.5) is 0 Å². The highest BCUT2D eigenvalue weighted by atomic mass is 16.5. The minimum absolute atomic E-state index is 0.151. The Hall–Kier alpha value is -1.54. The van der Waals surface area contributed by atoms with Gasteiger partial charge in [-0.2, -0.15) is 0 Å². The Morgan fingerprint density at radius 1 is 1.05 bits per heavy atom. The number of ether oxygens (including phenoxy) is 1. The topological polar surface area (TPSA) is 21.3 Å². The Labute approximate surface area is 115 Å². The van der Waals surface area contributed by atoms with Gasteiger partial charge in [0.05, 0.1) is 7.11 Å². The molecule has 0 saturated carbocycles. The van der Waals surface area contributed by atoms with E-state index in [4.69, 9.17) is 4.74 Å². The number of benzene rings is 2. The van der Waals surface area contributed by atoms with Crippen LogP contribution in [-0.4, -0.2) is 19.2 Å². The first-order valence-corrected chi connectivity index (χ1v) is 6.81. The zero-order valence-corrected chi connectivity index (χ0v) is 12.3. The normalized spacial score (nSPS) is 11.8. The Bertz CT molecular complexity index is 555.